The Morgan fingerprint density at radius 3 is 2.38 bits per heavy atom. The molecule has 1 heterocycles. The molecule has 0 saturated carbocycles. The zero-order valence-corrected chi connectivity index (χ0v) is 5.95. The third kappa shape index (κ3) is 1.17. The maximum absolute atomic E-state index is 4.95. The molecule has 2 heteroatoms. The van der Waals surface area contributed by atoms with Crippen LogP contribution in [0.25, 0.3) is 0 Å². The van der Waals surface area contributed by atoms with Crippen molar-refractivity contribution < 1.29 is 4.74 Å². The molecule has 1 rings (SSSR count). The maximum atomic E-state index is 4.95. The van der Waals surface area contributed by atoms with E-state index in [9.17, 15) is 0 Å². The van der Waals surface area contributed by atoms with Gasteiger partial charge in [0.15, 0.2) is 0 Å². The van der Waals surface area contributed by atoms with Crippen molar-refractivity contribution in [2.75, 3.05) is 7.11 Å². The number of methoxy groups -OCH3 is 1. The summed E-state index contributed by atoms with van der Waals surface area (Å²) >= 11 is 0. The van der Waals surface area contributed by atoms with Crippen LogP contribution in [0, 0.1) is 0 Å². The summed E-state index contributed by atoms with van der Waals surface area (Å²) in [6, 6.07) is 4.02. The van der Waals surface area contributed by atoms with Gasteiger partial charge in [-0.1, -0.05) is 11.4 Å². The molecule has 1 nitrogen and oxygen atoms in total. The molecule has 0 fully saturated rings. The molecule has 42 valence electrons. The van der Waals surface area contributed by atoms with E-state index in [0.29, 0.717) is 9.12 Å². The standard InChI is InChI=1S/C6H8OSi/c1-7-6-2-4-8-5-3-6/h2-5,8H,1H3. The van der Waals surface area contributed by atoms with E-state index in [2.05, 4.69) is 11.4 Å². The second kappa shape index (κ2) is 2.62. The van der Waals surface area contributed by atoms with E-state index in [4.69, 9.17) is 4.74 Å². The van der Waals surface area contributed by atoms with Crippen LogP contribution in [0.5, 0.6) is 5.75 Å². The fraction of sp³-hybridized carbons (Fsp3) is 0.167. The second-order valence-corrected chi connectivity index (χ2v) is 2.67. The molecule has 0 aliphatic carbocycles. The highest BCUT2D eigenvalue weighted by Crippen LogP contribution is 2.03. The van der Waals surface area contributed by atoms with Crippen LogP contribution in [0.3, 0.4) is 0 Å². The average molecular weight is 124 g/mol. The molecule has 0 atom stereocenters. The fourth-order valence-corrected chi connectivity index (χ4v) is 1.29. The summed E-state index contributed by atoms with van der Waals surface area (Å²) in [5, 5.41) is 0. The Morgan fingerprint density at radius 1 is 1.38 bits per heavy atom. The van der Waals surface area contributed by atoms with Crippen LogP contribution in [0.1, 0.15) is 0 Å². The minimum absolute atomic E-state index is 0.417. The third-order valence-corrected chi connectivity index (χ3v) is 1.81. The minimum Gasteiger partial charge on any atom is -0.497 e. The molecule has 0 aliphatic heterocycles. The predicted molar refractivity (Wildman–Crippen MR) is 35.7 cm³/mol. The molecule has 0 aromatic carbocycles. The van der Waals surface area contributed by atoms with Gasteiger partial charge in [0.1, 0.15) is 5.75 Å². The first-order valence-electron chi connectivity index (χ1n) is 2.52. The van der Waals surface area contributed by atoms with Crippen molar-refractivity contribution in [3.8, 4) is 5.75 Å². The molecule has 0 N–H and O–H groups in total. The van der Waals surface area contributed by atoms with Crippen LogP contribution in [0.2, 0.25) is 0 Å². The summed E-state index contributed by atoms with van der Waals surface area (Å²) in [5.74, 6) is 0.962. The lowest BCUT2D eigenvalue weighted by atomic mass is 10.5. The molecule has 0 amide bonds. The number of hydrogen-bond acceptors (Lipinski definition) is 1. The maximum Gasteiger partial charge on any atom is 0.118 e. The van der Waals surface area contributed by atoms with E-state index < -0.39 is 0 Å². The zero-order chi connectivity index (χ0) is 5.82. The Hall–Kier alpha value is -0.633. The van der Waals surface area contributed by atoms with Gasteiger partial charge in [-0.3, -0.25) is 0 Å². The Bertz CT molecular complexity index is 150. The first kappa shape index (κ1) is 5.50. The van der Waals surface area contributed by atoms with Crippen molar-refractivity contribution in [3.63, 3.8) is 0 Å². The molecular formula is C6H8OSi. The van der Waals surface area contributed by atoms with E-state index in [0.717, 1.165) is 5.75 Å². The average Bonchev–Trinajstić information content (AvgIpc) is 1.90. The summed E-state index contributed by atoms with van der Waals surface area (Å²) < 4.78 is 4.95. The smallest absolute Gasteiger partial charge is 0.118 e. The number of hydrogen-bond donors (Lipinski definition) is 0. The highest BCUT2D eigenvalue weighted by atomic mass is 28.2. The first-order chi connectivity index (χ1) is 3.93. The van der Waals surface area contributed by atoms with Gasteiger partial charge in [-0.05, 0) is 12.1 Å². The molecule has 0 aliphatic rings. The van der Waals surface area contributed by atoms with E-state index in [1.165, 1.54) is 0 Å². The Balaban J connectivity index is 2.83. The largest absolute Gasteiger partial charge is 0.497 e. The van der Waals surface area contributed by atoms with Crippen molar-refractivity contribution >= 4 is 9.12 Å². The van der Waals surface area contributed by atoms with Gasteiger partial charge in [0.2, 0.25) is 0 Å². The van der Waals surface area contributed by atoms with Gasteiger partial charge in [-0.25, -0.2) is 0 Å². The molecular weight excluding hydrogens is 116 g/mol. The fourth-order valence-electron chi connectivity index (χ4n) is 0.557. The van der Waals surface area contributed by atoms with Crippen LogP contribution >= 0.6 is 0 Å². The van der Waals surface area contributed by atoms with Gasteiger partial charge in [0.05, 0.1) is 7.11 Å². The molecule has 0 bridgehead atoms. The van der Waals surface area contributed by atoms with Crippen molar-refractivity contribution in [2.45, 2.75) is 0 Å². The van der Waals surface area contributed by atoms with Crippen LogP contribution in [-0.2, 0) is 0 Å². The van der Waals surface area contributed by atoms with E-state index in [-0.39, 0.29) is 0 Å². The quantitative estimate of drug-likeness (QED) is 0.502. The van der Waals surface area contributed by atoms with Gasteiger partial charge in [-0.15, -0.1) is 0 Å². The molecule has 8 heavy (non-hydrogen) atoms. The van der Waals surface area contributed by atoms with E-state index in [1.807, 2.05) is 12.1 Å². The summed E-state index contributed by atoms with van der Waals surface area (Å²) in [4.78, 5) is 0. The zero-order valence-electron chi connectivity index (χ0n) is 4.79. The molecule has 0 unspecified atom stereocenters. The van der Waals surface area contributed by atoms with Gasteiger partial charge >= 0.3 is 0 Å². The Kier molecular flexibility index (Phi) is 1.80. The molecule has 1 aromatic rings. The van der Waals surface area contributed by atoms with Crippen LogP contribution in [-0.4, -0.2) is 16.2 Å². The van der Waals surface area contributed by atoms with Gasteiger partial charge in [0, 0.05) is 9.12 Å². The lowest BCUT2D eigenvalue weighted by Gasteiger charge is -1.93. The van der Waals surface area contributed by atoms with Crippen molar-refractivity contribution in [1.29, 1.82) is 0 Å². The van der Waals surface area contributed by atoms with Gasteiger partial charge in [0.25, 0.3) is 0 Å². The number of ether oxygens (including phenoxy) is 1. The van der Waals surface area contributed by atoms with Crippen molar-refractivity contribution in [1.82, 2.24) is 0 Å². The normalized spacial score (nSPS) is 8.62. The first-order valence-corrected chi connectivity index (χ1v) is 3.86. The molecule has 0 saturated heterocycles. The third-order valence-electron chi connectivity index (χ3n) is 0.979. The summed E-state index contributed by atoms with van der Waals surface area (Å²) in [6.45, 7) is 0. The van der Waals surface area contributed by atoms with E-state index >= 15 is 0 Å². The lowest BCUT2D eigenvalue weighted by Crippen LogP contribution is -1.80. The Labute approximate surface area is 51.0 Å². The molecule has 0 radical (unpaired) electrons. The van der Waals surface area contributed by atoms with Crippen LogP contribution in [0.4, 0.5) is 0 Å². The van der Waals surface area contributed by atoms with Crippen LogP contribution in [0.15, 0.2) is 23.5 Å². The highest BCUT2D eigenvalue weighted by Gasteiger charge is 1.80. The highest BCUT2D eigenvalue weighted by molar-refractivity contribution is 6.26. The van der Waals surface area contributed by atoms with E-state index in [1.54, 1.807) is 7.11 Å². The summed E-state index contributed by atoms with van der Waals surface area (Å²) in [7, 11) is 2.10. The number of rotatable bonds is 1. The monoisotopic (exact) mass is 124 g/mol. The SMILES string of the molecule is COc1cc[siH]cc1. The molecule has 1 aromatic heterocycles. The summed E-state index contributed by atoms with van der Waals surface area (Å²) in [6.07, 6.45) is 0. The molecule has 0 spiro atoms. The van der Waals surface area contributed by atoms with Gasteiger partial charge in [-0.2, -0.15) is 0 Å². The predicted octanol–water partition coefficient (Wildman–Crippen LogP) is 0.766. The Morgan fingerprint density at radius 2 is 2.00 bits per heavy atom. The minimum atomic E-state index is 0.417. The second-order valence-electron chi connectivity index (χ2n) is 1.52. The summed E-state index contributed by atoms with van der Waals surface area (Å²) in [5.41, 5.74) is 4.30. The lowest BCUT2D eigenvalue weighted by molar-refractivity contribution is 0.415. The van der Waals surface area contributed by atoms with Crippen molar-refractivity contribution in [2.24, 2.45) is 0 Å². The topological polar surface area (TPSA) is 9.23 Å². The van der Waals surface area contributed by atoms with Gasteiger partial charge < -0.3 is 4.74 Å². The van der Waals surface area contributed by atoms with Crippen molar-refractivity contribution in [3.05, 3.63) is 23.5 Å². The van der Waals surface area contributed by atoms with Crippen LogP contribution < -0.4 is 4.74 Å².